The third-order valence-electron chi connectivity index (χ3n) is 6.43. The number of thioether (sulfide) groups is 1. The highest BCUT2D eigenvalue weighted by atomic mass is 32.2. The highest BCUT2D eigenvalue weighted by Gasteiger charge is 2.43. The van der Waals surface area contributed by atoms with Crippen molar-refractivity contribution in [1.29, 1.82) is 0 Å². The number of hydrogen-bond donors (Lipinski definition) is 2. The Labute approximate surface area is 195 Å². The Morgan fingerprint density at radius 2 is 1.76 bits per heavy atom. The molecule has 1 aliphatic carbocycles. The Morgan fingerprint density at radius 3 is 2.42 bits per heavy atom. The van der Waals surface area contributed by atoms with E-state index in [9.17, 15) is 19.5 Å². The van der Waals surface area contributed by atoms with E-state index in [0.717, 1.165) is 22.3 Å². The number of carbonyl (C=O) groups is 3. The SMILES string of the molecule is O=C(NC1CCOC1C(=O)N1CSCC1C(=O)O)OCC1c2ccccc2-c2ccccc21. The summed E-state index contributed by atoms with van der Waals surface area (Å²) in [6.45, 7) is 0.485. The molecule has 2 aromatic carbocycles. The van der Waals surface area contributed by atoms with E-state index in [1.807, 2.05) is 36.4 Å². The summed E-state index contributed by atoms with van der Waals surface area (Å²) in [5, 5.41) is 12.1. The zero-order valence-electron chi connectivity index (χ0n) is 17.8. The van der Waals surface area contributed by atoms with Crippen molar-refractivity contribution in [3.63, 3.8) is 0 Å². The third-order valence-corrected chi connectivity index (χ3v) is 7.44. The van der Waals surface area contributed by atoms with Crippen molar-refractivity contribution in [2.45, 2.75) is 30.5 Å². The van der Waals surface area contributed by atoms with E-state index in [1.54, 1.807) is 0 Å². The number of hydrogen-bond acceptors (Lipinski definition) is 6. The van der Waals surface area contributed by atoms with E-state index in [-0.39, 0.29) is 12.5 Å². The molecule has 3 unspecified atom stereocenters. The number of ether oxygens (including phenoxy) is 2. The van der Waals surface area contributed by atoms with Crippen LogP contribution in [0.25, 0.3) is 11.1 Å². The minimum absolute atomic E-state index is 0.0571. The number of amides is 2. The molecule has 0 bridgehead atoms. The van der Waals surface area contributed by atoms with Gasteiger partial charge in [0.25, 0.3) is 5.91 Å². The van der Waals surface area contributed by atoms with Crippen molar-refractivity contribution in [2.24, 2.45) is 0 Å². The number of nitrogens with zero attached hydrogens (tertiary/aromatic N) is 1. The molecule has 3 aliphatic rings. The van der Waals surface area contributed by atoms with Gasteiger partial charge in [-0.3, -0.25) is 4.79 Å². The maximum Gasteiger partial charge on any atom is 0.407 e. The second kappa shape index (κ2) is 9.07. The van der Waals surface area contributed by atoms with Crippen molar-refractivity contribution in [1.82, 2.24) is 10.2 Å². The second-order valence-electron chi connectivity index (χ2n) is 8.32. The Kier molecular flexibility index (Phi) is 5.99. The van der Waals surface area contributed by atoms with Crippen molar-refractivity contribution in [3.05, 3.63) is 59.7 Å². The third kappa shape index (κ3) is 4.06. The summed E-state index contributed by atoms with van der Waals surface area (Å²) in [6.07, 6.45) is -1.07. The highest BCUT2D eigenvalue weighted by molar-refractivity contribution is 7.99. The Hall–Kier alpha value is -3.04. The Balaban J connectivity index is 1.23. The Bertz CT molecular complexity index is 1050. The fourth-order valence-electron chi connectivity index (χ4n) is 4.80. The molecule has 0 aromatic heterocycles. The van der Waals surface area contributed by atoms with Gasteiger partial charge in [-0.25, -0.2) is 9.59 Å². The van der Waals surface area contributed by atoms with Crippen LogP contribution in [0.5, 0.6) is 0 Å². The first-order valence-electron chi connectivity index (χ1n) is 10.9. The number of rotatable bonds is 5. The zero-order chi connectivity index (χ0) is 22.9. The van der Waals surface area contributed by atoms with Gasteiger partial charge < -0.3 is 24.8 Å². The van der Waals surface area contributed by atoms with E-state index in [2.05, 4.69) is 17.4 Å². The minimum atomic E-state index is -1.03. The minimum Gasteiger partial charge on any atom is -0.480 e. The van der Waals surface area contributed by atoms with Crippen molar-refractivity contribution in [3.8, 4) is 11.1 Å². The maximum atomic E-state index is 12.9. The van der Waals surface area contributed by atoms with Crippen LogP contribution in [0.1, 0.15) is 23.5 Å². The maximum absolute atomic E-state index is 12.9. The number of alkyl carbamates (subject to hydrolysis) is 1. The molecular formula is C24H24N2O6S. The summed E-state index contributed by atoms with van der Waals surface area (Å²) in [4.78, 5) is 38.3. The monoisotopic (exact) mass is 468 g/mol. The van der Waals surface area contributed by atoms with Crippen molar-refractivity contribution < 1.29 is 29.0 Å². The van der Waals surface area contributed by atoms with E-state index >= 15 is 0 Å². The molecule has 0 spiro atoms. The summed E-state index contributed by atoms with van der Waals surface area (Å²) in [6, 6.07) is 14.8. The van der Waals surface area contributed by atoms with E-state index in [0.29, 0.717) is 24.7 Å². The predicted octanol–water partition coefficient (Wildman–Crippen LogP) is 2.67. The van der Waals surface area contributed by atoms with Gasteiger partial charge in [-0.1, -0.05) is 48.5 Å². The molecule has 172 valence electrons. The van der Waals surface area contributed by atoms with E-state index in [1.165, 1.54) is 16.7 Å². The van der Waals surface area contributed by atoms with Gasteiger partial charge in [-0.15, -0.1) is 11.8 Å². The molecule has 8 nitrogen and oxygen atoms in total. The summed E-state index contributed by atoms with van der Waals surface area (Å²) < 4.78 is 11.2. The molecule has 0 saturated carbocycles. The predicted molar refractivity (Wildman–Crippen MR) is 122 cm³/mol. The van der Waals surface area contributed by atoms with Gasteiger partial charge >= 0.3 is 12.1 Å². The molecule has 2 saturated heterocycles. The zero-order valence-corrected chi connectivity index (χ0v) is 18.6. The molecular weight excluding hydrogens is 444 g/mol. The van der Waals surface area contributed by atoms with Gasteiger partial charge in [0.15, 0.2) is 6.10 Å². The van der Waals surface area contributed by atoms with Crippen molar-refractivity contribution in [2.75, 3.05) is 24.8 Å². The first kappa shape index (κ1) is 21.8. The lowest BCUT2D eigenvalue weighted by atomic mass is 9.98. The largest absolute Gasteiger partial charge is 0.480 e. The average molecular weight is 469 g/mol. The molecule has 0 radical (unpaired) electrons. The van der Waals surface area contributed by atoms with Crippen LogP contribution in [0.4, 0.5) is 4.79 Å². The standard InChI is InChI=1S/C24H24N2O6S/c27-22(26-13-33-12-20(26)23(28)29)21-19(9-10-31-21)25-24(30)32-11-18-16-7-3-1-5-14(16)15-6-2-4-8-17(15)18/h1-8,18-21H,9-13H2,(H,25,30)(H,28,29). The van der Waals surface area contributed by atoms with Gasteiger partial charge in [-0.2, -0.15) is 0 Å². The first-order valence-corrected chi connectivity index (χ1v) is 12.0. The molecule has 3 atom stereocenters. The quantitative estimate of drug-likeness (QED) is 0.695. The summed E-state index contributed by atoms with van der Waals surface area (Å²) in [5.41, 5.74) is 4.53. The normalized spacial score (nSPS) is 23.8. The molecule has 2 fully saturated rings. The van der Waals surface area contributed by atoms with Gasteiger partial charge in [0.05, 0.1) is 11.9 Å². The molecule has 33 heavy (non-hydrogen) atoms. The van der Waals surface area contributed by atoms with Crippen LogP contribution in [-0.4, -0.2) is 71.0 Å². The fourth-order valence-corrected chi connectivity index (χ4v) is 5.96. The van der Waals surface area contributed by atoms with Crippen LogP contribution < -0.4 is 5.32 Å². The van der Waals surface area contributed by atoms with Crippen LogP contribution in [0.15, 0.2) is 48.5 Å². The number of carboxylic acids is 1. The van der Waals surface area contributed by atoms with E-state index < -0.39 is 36.2 Å². The van der Waals surface area contributed by atoms with Crippen molar-refractivity contribution >= 4 is 29.7 Å². The lowest BCUT2D eigenvalue weighted by Gasteiger charge is -2.26. The van der Waals surface area contributed by atoms with Gasteiger partial charge in [-0.05, 0) is 28.7 Å². The van der Waals surface area contributed by atoms with Crippen LogP contribution in [0.2, 0.25) is 0 Å². The van der Waals surface area contributed by atoms with Crippen LogP contribution in [-0.2, 0) is 19.1 Å². The number of fused-ring (bicyclic) bond motifs is 3. The second-order valence-corrected chi connectivity index (χ2v) is 9.32. The average Bonchev–Trinajstić information content (AvgIpc) is 3.55. The molecule has 2 heterocycles. The lowest BCUT2D eigenvalue weighted by molar-refractivity contribution is -0.152. The summed E-state index contributed by atoms with van der Waals surface area (Å²) >= 11 is 1.39. The van der Waals surface area contributed by atoms with Gasteiger partial charge in [0.1, 0.15) is 12.6 Å². The first-order chi connectivity index (χ1) is 16.0. The van der Waals surface area contributed by atoms with Crippen LogP contribution in [0.3, 0.4) is 0 Å². The molecule has 5 rings (SSSR count). The number of nitrogens with one attached hydrogen (secondary N) is 1. The number of carbonyl (C=O) groups excluding carboxylic acids is 2. The van der Waals surface area contributed by atoms with Gasteiger partial charge in [0.2, 0.25) is 0 Å². The number of benzene rings is 2. The van der Waals surface area contributed by atoms with E-state index in [4.69, 9.17) is 9.47 Å². The summed E-state index contributed by atoms with van der Waals surface area (Å²) in [5.74, 6) is -0.856. The number of carboxylic acid groups (broad SMARTS) is 1. The van der Waals surface area contributed by atoms with Crippen LogP contribution >= 0.6 is 11.8 Å². The van der Waals surface area contributed by atoms with Gasteiger partial charge in [0, 0.05) is 18.3 Å². The molecule has 2 aliphatic heterocycles. The molecule has 2 N–H and O–H groups in total. The summed E-state index contributed by atoms with van der Waals surface area (Å²) in [7, 11) is 0. The number of aliphatic carboxylic acids is 1. The smallest absolute Gasteiger partial charge is 0.407 e. The lowest BCUT2D eigenvalue weighted by Crippen LogP contribution is -2.52. The molecule has 2 aromatic rings. The fraction of sp³-hybridized carbons (Fsp3) is 0.375. The molecule has 2 amide bonds. The molecule has 9 heteroatoms. The topological polar surface area (TPSA) is 105 Å². The van der Waals surface area contributed by atoms with Crippen LogP contribution in [0, 0.1) is 0 Å². The highest BCUT2D eigenvalue weighted by Crippen LogP contribution is 2.44. The Morgan fingerprint density at radius 1 is 1.09 bits per heavy atom.